The first-order valence-electron chi connectivity index (χ1n) is 12.0. The van der Waals surface area contributed by atoms with Gasteiger partial charge in [-0.2, -0.15) is 5.10 Å². The quantitative estimate of drug-likeness (QED) is 0.239. The van der Waals surface area contributed by atoms with Gasteiger partial charge in [-0.3, -0.25) is 10.1 Å². The predicted molar refractivity (Wildman–Crippen MR) is 145 cm³/mol. The Morgan fingerprint density at radius 3 is 2.70 bits per heavy atom. The van der Waals surface area contributed by atoms with Gasteiger partial charge in [0.05, 0.1) is 28.8 Å². The van der Waals surface area contributed by atoms with Crippen LogP contribution in [0.25, 0.3) is 50.1 Å². The van der Waals surface area contributed by atoms with Crippen LogP contribution in [0.2, 0.25) is 0 Å². The number of amidine groups is 1. The molecule has 0 bridgehead atoms. The summed E-state index contributed by atoms with van der Waals surface area (Å²) in [6, 6.07) is 10.7. The van der Waals surface area contributed by atoms with Gasteiger partial charge in [-0.15, -0.1) is 0 Å². The number of fused-ring (bicyclic) bond motifs is 2. The van der Waals surface area contributed by atoms with E-state index in [-0.39, 0.29) is 11.9 Å². The Balaban J connectivity index is 1.41. The number of pyridine rings is 2. The van der Waals surface area contributed by atoms with Crippen molar-refractivity contribution in [3.63, 3.8) is 0 Å². The number of hydrogen-bond acceptors (Lipinski definition) is 5. The molecule has 4 aromatic heterocycles. The Morgan fingerprint density at radius 1 is 1.16 bits per heavy atom. The van der Waals surface area contributed by atoms with Crippen molar-refractivity contribution in [3.05, 3.63) is 85.1 Å². The number of benzene rings is 1. The maximum atomic E-state index is 13.5. The average molecular weight is 493 g/mol. The van der Waals surface area contributed by atoms with Gasteiger partial charge in [-0.05, 0) is 42.8 Å². The van der Waals surface area contributed by atoms with E-state index in [0.717, 1.165) is 69.0 Å². The predicted octanol–water partition coefficient (Wildman–Crippen LogP) is 4.90. The fourth-order valence-corrected chi connectivity index (χ4v) is 4.65. The van der Waals surface area contributed by atoms with E-state index in [0.29, 0.717) is 5.65 Å². The lowest BCUT2D eigenvalue weighted by Crippen LogP contribution is -2.57. The second-order valence-corrected chi connectivity index (χ2v) is 9.05. The van der Waals surface area contributed by atoms with E-state index in [4.69, 9.17) is 10.7 Å². The molecule has 0 unspecified atom stereocenters. The van der Waals surface area contributed by atoms with Gasteiger partial charge in [0.2, 0.25) is 0 Å². The van der Waals surface area contributed by atoms with E-state index >= 15 is 0 Å². The Bertz CT molecular complexity index is 1690. The van der Waals surface area contributed by atoms with Crippen molar-refractivity contribution >= 4 is 33.5 Å². The second kappa shape index (κ2) is 9.11. The molecule has 0 saturated carbocycles. The number of rotatable bonds is 5. The summed E-state index contributed by atoms with van der Waals surface area (Å²) in [6.07, 6.45) is 9.04. The van der Waals surface area contributed by atoms with Crippen LogP contribution in [0.15, 0.2) is 78.7 Å². The fourth-order valence-electron chi connectivity index (χ4n) is 4.65. The van der Waals surface area contributed by atoms with E-state index in [1.165, 1.54) is 12.1 Å². The number of aromatic nitrogens is 5. The van der Waals surface area contributed by atoms with Crippen molar-refractivity contribution in [2.45, 2.75) is 13.0 Å². The number of halogens is 1. The SMILES string of the molecule is C=CC(=N/C(=C\C)c1cnc2n[nH]c(-c3cc4c(-c5ccc(F)cc5)cncc4[nH]3)c2c1)N1CC(N)C1. The topological polar surface area (TPSA) is 112 Å². The molecule has 8 nitrogen and oxygen atoms in total. The van der Waals surface area contributed by atoms with Crippen molar-refractivity contribution in [3.8, 4) is 22.5 Å². The van der Waals surface area contributed by atoms with Crippen LogP contribution in [0.1, 0.15) is 12.5 Å². The van der Waals surface area contributed by atoms with Crippen LogP contribution in [0.5, 0.6) is 0 Å². The van der Waals surface area contributed by atoms with E-state index in [2.05, 4.69) is 36.6 Å². The van der Waals surface area contributed by atoms with Gasteiger partial charge >= 0.3 is 0 Å². The van der Waals surface area contributed by atoms with E-state index in [1.54, 1.807) is 36.8 Å². The first-order chi connectivity index (χ1) is 18.0. The van der Waals surface area contributed by atoms with Crippen LogP contribution in [0.3, 0.4) is 0 Å². The minimum atomic E-state index is -0.274. The van der Waals surface area contributed by atoms with Crippen molar-refractivity contribution < 1.29 is 4.39 Å². The highest BCUT2D eigenvalue weighted by molar-refractivity contribution is 6.01. The number of aromatic amines is 2. The van der Waals surface area contributed by atoms with E-state index < -0.39 is 0 Å². The standard InChI is InChI=1S/C28H25FN8/c1-3-23(34-26(4-2)37-14-19(30)15-37)17-9-21-27(35-36-28(21)32-11-17)24-10-20-22(12-31-13-25(20)33-24)16-5-7-18(29)8-6-16/h3-13,19,33H,2,14-15,30H2,1H3,(H,32,35,36)/b23-3-,34-26?. The van der Waals surface area contributed by atoms with Crippen LogP contribution < -0.4 is 5.73 Å². The number of nitrogens with zero attached hydrogens (tertiary/aromatic N) is 5. The molecule has 5 aromatic rings. The van der Waals surface area contributed by atoms with Crippen LogP contribution in [0.4, 0.5) is 4.39 Å². The monoisotopic (exact) mass is 492 g/mol. The summed E-state index contributed by atoms with van der Waals surface area (Å²) < 4.78 is 13.5. The molecule has 0 aliphatic carbocycles. The lowest BCUT2D eigenvalue weighted by atomic mass is 10.0. The first-order valence-corrected chi connectivity index (χ1v) is 12.0. The maximum absolute atomic E-state index is 13.5. The third-order valence-corrected chi connectivity index (χ3v) is 6.60. The van der Waals surface area contributed by atoms with Gasteiger partial charge in [0.15, 0.2) is 5.65 Å². The number of allylic oxidation sites excluding steroid dienone is 1. The Labute approximate surface area is 212 Å². The number of aliphatic imine (C=N–C) groups is 1. The smallest absolute Gasteiger partial charge is 0.181 e. The molecule has 37 heavy (non-hydrogen) atoms. The zero-order valence-corrected chi connectivity index (χ0v) is 20.2. The number of H-pyrrole nitrogens is 2. The molecule has 4 N–H and O–H groups in total. The fraction of sp³-hybridized carbons (Fsp3) is 0.143. The first kappa shape index (κ1) is 22.8. The van der Waals surface area contributed by atoms with Crippen LogP contribution in [-0.2, 0) is 0 Å². The van der Waals surface area contributed by atoms with Crippen molar-refractivity contribution in [2.75, 3.05) is 13.1 Å². The molecule has 1 saturated heterocycles. The van der Waals surface area contributed by atoms with Crippen molar-refractivity contribution in [1.29, 1.82) is 0 Å². The van der Waals surface area contributed by atoms with Crippen molar-refractivity contribution in [2.24, 2.45) is 10.7 Å². The minimum Gasteiger partial charge on any atom is -0.353 e. The summed E-state index contributed by atoms with van der Waals surface area (Å²) in [4.78, 5) is 19.3. The van der Waals surface area contributed by atoms with Gasteiger partial charge in [0.25, 0.3) is 0 Å². The molecule has 0 spiro atoms. The number of nitrogens with two attached hydrogens (primary N) is 1. The third-order valence-electron chi connectivity index (χ3n) is 6.60. The molecule has 0 amide bonds. The Kier molecular flexibility index (Phi) is 5.61. The van der Waals surface area contributed by atoms with Gasteiger partial charge in [0, 0.05) is 53.4 Å². The maximum Gasteiger partial charge on any atom is 0.181 e. The molecule has 1 aliphatic rings. The molecular formula is C28H25FN8. The number of likely N-dealkylation sites (tertiary alicyclic amines) is 1. The van der Waals surface area contributed by atoms with E-state index in [9.17, 15) is 4.39 Å². The highest BCUT2D eigenvalue weighted by atomic mass is 19.1. The Hall–Kier alpha value is -4.63. The molecule has 184 valence electrons. The summed E-state index contributed by atoms with van der Waals surface area (Å²) in [6.45, 7) is 7.40. The summed E-state index contributed by atoms with van der Waals surface area (Å²) in [5, 5.41) is 9.38. The summed E-state index contributed by atoms with van der Waals surface area (Å²) >= 11 is 0. The lowest BCUT2D eigenvalue weighted by molar-refractivity contribution is 0.256. The molecule has 9 heteroatoms. The molecule has 5 heterocycles. The van der Waals surface area contributed by atoms with Gasteiger partial charge in [-0.1, -0.05) is 24.8 Å². The number of nitrogens with one attached hydrogen (secondary N) is 2. The summed E-state index contributed by atoms with van der Waals surface area (Å²) in [5.74, 6) is 0.517. The van der Waals surface area contributed by atoms with Gasteiger partial charge < -0.3 is 15.6 Å². The lowest BCUT2D eigenvalue weighted by Gasteiger charge is -2.38. The zero-order valence-electron chi connectivity index (χ0n) is 20.2. The highest BCUT2D eigenvalue weighted by Gasteiger charge is 2.25. The second-order valence-electron chi connectivity index (χ2n) is 9.05. The van der Waals surface area contributed by atoms with Crippen LogP contribution in [-0.4, -0.2) is 55.0 Å². The normalized spacial score (nSPS) is 14.9. The number of hydrogen-bond donors (Lipinski definition) is 3. The molecular weight excluding hydrogens is 467 g/mol. The minimum absolute atomic E-state index is 0.167. The highest BCUT2D eigenvalue weighted by Crippen LogP contribution is 2.34. The Morgan fingerprint density at radius 2 is 1.97 bits per heavy atom. The van der Waals surface area contributed by atoms with Crippen molar-refractivity contribution in [1.82, 2.24) is 30.0 Å². The molecule has 0 radical (unpaired) electrons. The molecule has 1 fully saturated rings. The molecule has 1 aliphatic heterocycles. The molecule has 6 rings (SSSR count). The van der Waals surface area contributed by atoms with Crippen LogP contribution >= 0.6 is 0 Å². The van der Waals surface area contributed by atoms with Gasteiger partial charge in [0.1, 0.15) is 11.7 Å². The summed E-state index contributed by atoms with van der Waals surface area (Å²) in [7, 11) is 0. The zero-order chi connectivity index (χ0) is 25.5. The molecule has 0 atom stereocenters. The summed E-state index contributed by atoms with van der Waals surface area (Å²) in [5.41, 5.74) is 12.5. The molecule has 1 aromatic carbocycles. The van der Waals surface area contributed by atoms with E-state index in [1.807, 2.05) is 25.1 Å². The van der Waals surface area contributed by atoms with Crippen LogP contribution in [0, 0.1) is 5.82 Å². The largest absolute Gasteiger partial charge is 0.353 e. The average Bonchev–Trinajstić information content (AvgIpc) is 3.52. The third kappa shape index (κ3) is 4.09. The van der Waals surface area contributed by atoms with Gasteiger partial charge in [-0.25, -0.2) is 14.4 Å².